The van der Waals surface area contributed by atoms with E-state index in [9.17, 15) is 9.59 Å². The Hall–Kier alpha value is -1.59. The van der Waals surface area contributed by atoms with Crippen LogP contribution in [0.2, 0.25) is 0 Å². The lowest BCUT2D eigenvalue weighted by atomic mass is 10.1. The summed E-state index contributed by atoms with van der Waals surface area (Å²) in [4.78, 5) is 24.8. The van der Waals surface area contributed by atoms with Gasteiger partial charge >= 0.3 is 0 Å². The summed E-state index contributed by atoms with van der Waals surface area (Å²) in [6, 6.07) is 7.30. The highest BCUT2D eigenvalue weighted by molar-refractivity contribution is 5.93. The molecule has 5 nitrogen and oxygen atoms in total. The molecule has 0 aromatic heterocycles. The molecule has 118 valence electrons. The van der Waals surface area contributed by atoms with Gasteiger partial charge in [0.15, 0.2) is 0 Å². The molecule has 0 aliphatic rings. The number of carbonyl (C=O) groups is 2. The van der Waals surface area contributed by atoms with E-state index in [-0.39, 0.29) is 24.2 Å². The van der Waals surface area contributed by atoms with Crippen molar-refractivity contribution in [3.63, 3.8) is 0 Å². The zero-order chi connectivity index (χ0) is 15.0. The molecule has 2 N–H and O–H groups in total. The summed E-state index contributed by atoms with van der Waals surface area (Å²) in [7, 11) is 5.32. The van der Waals surface area contributed by atoms with E-state index in [0.717, 1.165) is 18.5 Å². The Morgan fingerprint density at radius 2 is 1.76 bits per heavy atom. The molecule has 1 aromatic carbocycles. The van der Waals surface area contributed by atoms with Crippen molar-refractivity contribution in [3.05, 3.63) is 35.4 Å². The summed E-state index contributed by atoms with van der Waals surface area (Å²) >= 11 is 0. The second-order valence-electron chi connectivity index (χ2n) is 4.88. The van der Waals surface area contributed by atoms with Crippen molar-refractivity contribution in [2.24, 2.45) is 0 Å². The lowest BCUT2D eigenvalue weighted by Gasteiger charge is -2.11. The van der Waals surface area contributed by atoms with Crippen molar-refractivity contribution in [2.45, 2.75) is 19.4 Å². The summed E-state index contributed by atoms with van der Waals surface area (Å²) in [6.07, 6.45) is 1.36. The molecule has 0 saturated carbocycles. The van der Waals surface area contributed by atoms with Crippen LogP contribution in [0.3, 0.4) is 0 Å². The van der Waals surface area contributed by atoms with Gasteiger partial charge in [0.1, 0.15) is 0 Å². The Balaban J connectivity index is 0.00000400. The Kier molecular flexibility index (Phi) is 9.41. The number of nitrogens with zero attached hydrogens (tertiary/aromatic N) is 1. The van der Waals surface area contributed by atoms with Crippen molar-refractivity contribution in [2.75, 3.05) is 27.7 Å². The van der Waals surface area contributed by atoms with Crippen molar-refractivity contribution < 1.29 is 9.59 Å². The van der Waals surface area contributed by atoms with E-state index in [1.54, 1.807) is 31.1 Å². The molecule has 0 saturated heterocycles. The van der Waals surface area contributed by atoms with E-state index in [2.05, 4.69) is 10.6 Å². The van der Waals surface area contributed by atoms with Gasteiger partial charge < -0.3 is 15.5 Å². The van der Waals surface area contributed by atoms with Gasteiger partial charge in [0.2, 0.25) is 5.91 Å². The first-order valence-electron chi connectivity index (χ1n) is 6.76. The summed E-state index contributed by atoms with van der Waals surface area (Å²) < 4.78 is 0. The number of halogens is 1. The quantitative estimate of drug-likeness (QED) is 0.749. The maximum absolute atomic E-state index is 11.7. The lowest BCUT2D eigenvalue weighted by molar-refractivity contribution is -0.121. The average Bonchev–Trinajstić information content (AvgIpc) is 2.45. The van der Waals surface area contributed by atoms with Gasteiger partial charge in [-0.3, -0.25) is 9.59 Å². The molecule has 1 rings (SSSR count). The minimum Gasteiger partial charge on any atom is -0.352 e. The Labute approximate surface area is 132 Å². The van der Waals surface area contributed by atoms with Crippen LogP contribution >= 0.6 is 12.4 Å². The maximum atomic E-state index is 11.7. The number of nitrogens with one attached hydrogen (secondary N) is 2. The lowest BCUT2D eigenvalue weighted by Crippen LogP contribution is -2.24. The molecule has 0 spiro atoms. The standard InChI is InChI=1S/C15H23N3O2.ClH/c1-16-10-4-5-14(19)17-11-12-6-8-13(9-7-12)15(20)18(2)3;/h6-9,16H,4-5,10-11H2,1-3H3,(H,17,19);1H. The highest BCUT2D eigenvalue weighted by Crippen LogP contribution is 2.06. The summed E-state index contributed by atoms with van der Waals surface area (Å²) in [5.41, 5.74) is 1.64. The van der Waals surface area contributed by atoms with Gasteiger partial charge in [-0.1, -0.05) is 12.1 Å². The van der Waals surface area contributed by atoms with Gasteiger partial charge in [0.05, 0.1) is 0 Å². The van der Waals surface area contributed by atoms with Gasteiger partial charge in [-0.15, -0.1) is 12.4 Å². The fourth-order valence-electron chi connectivity index (χ4n) is 1.74. The fraction of sp³-hybridized carbons (Fsp3) is 0.467. The molecule has 0 unspecified atom stereocenters. The van der Waals surface area contributed by atoms with E-state index in [1.165, 1.54) is 0 Å². The third-order valence-electron chi connectivity index (χ3n) is 2.93. The molecule has 6 heteroatoms. The smallest absolute Gasteiger partial charge is 0.253 e. The highest BCUT2D eigenvalue weighted by atomic mass is 35.5. The van der Waals surface area contributed by atoms with Crippen molar-refractivity contribution >= 4 is 24.2 Å². The van der Waals surface area contributed by atoms with Crippen LogP contribution in [0.25, 0.3) is 0 Å². The summed E-state index contributed by atoms with van der Waals surface area (Å²) in [6.45, 7) is 1.34. The molecule has 0 heterocycles. The number of hydrogen-bond donors (Lipinski definition) is 2. The molecule has 2 amide bonds. The van der Waals surface area contributed by atoms with Crippen LogP contribution < -0.4 is 10.6 Å². The van der Waals surface area contributed by atoms with E-state index < -0.39 is 0 Å². The largest absolute Gasteiger partial charge is 0.352 e. The summed E-state index contributed by atoms with van der Waals surface area (Å²) in [5, 5.41) is 5.87. The maximum Gasteiger partial charge on any atom is 0.253 e. The van der Waals surface area contributed by atoms with Crippen LogP contribution in [0.4, 0.5) is 0 Å². The third kappa shape index (κ3) is 7.11. The molecule has 0 radical (unpaired) electrons. The molecule has 0 fully saturated rings. The predicted molar refractivity (Wildman–Crippen MR) is 86.7 cm³/mol. The first kappa shape index (κ1) is 19.4. The van der Waals surface area contributed by atoms with Gasteiger partial charge in [-0.05, 0) is 37.7 Å². The van der Waals surface area contributed by atoms with Crippen LogP contribution in [0.15, 0.2) is 24.3 Å². The number of benzene rings is 1. The topological polar surface area (TPSA) is 61.4 Å². The van der Waals surface area contributed by atoms with Crippen molar-refractivity contribution in [1.82, 2.24) is 15.5 Å². The van der Waals surface area contributed by atoms with Crippen molar-refractivity contribution in [1.29, 1.82) is 0 Å². The first-order valence-corrected chi connectivity index (χ1v) is 6.76. The van der Waals surface area contributed by atoms with E-state index in [4.69, 9.17) is 0 Å². The molecule has 0 bridgehead atoms. The van der Waals surface area contributed by atoms with Crippen LogP contribution in [-0.2, 0) is 11.3 Å². The molecular weight excluding hydrogens is 290 g/mol. The number of amides is 2. The Morgan fingerprint density at radius 3 is 2.29 bits per heavy atom. The van der Waals surface area contributed by atoms with E-state index in [1.807, 2.05) is 19.2 Å². The number of carbonyl (C=O) groups excluding carboxylic acids is 2. The molecule has 21 heavy (non-hydrogen) atoms. The molecule has 0 aliphatic carbocycles. The Bertz CT molecular complexity index is 447. The van der Waals surface area contributed by atoms with E-state index in [0.29, 0.717) is 18.5 Å². The second kappa shape index (κ2) is 10.2. The van der Waals surface area contributed by atoms with Gasteiger partial charge in [0, 0.05) is 32.6 Å². The number of rotatable bonds is 7. The zero-order valence-corrected chi connectivity index (χ0v) is 13.6. The van der Waals surface area contributed by atoms with Gasteiger partial charge in [0.25, 0.3) is 5.91 Å². The molecule has 0 aliphatic heterocycles. The fourth-order valence-corrected chi connectivity index (χ4v) is 1.74. The van der Waals surface area contributed by atoms with E-state index >= 15 is 0 Å². The van der Waals surface area contributed by atoms with Crippen LogP contribution in [0.1, 0.15) is 28.8 Å². The predicted octanol–water partition coefficient (Wildman–Crippen LogP) is 1.43. The zero-order valence-electron chi connectivity index (χ0n) is 12.8. The normalized spacial score (nSPS) is 9.67. The minimum absolute atomic E-state index is 0. The molecular formula is C15H24ClN3O2. The van der Waals surface area contributed by atoms with Crippen LogP contribution in [0, 0.1) is 0 Å². The Morgan fingerprint density at radius 1 is 1.14 bits per heavy atom. The SMILES string of the molecule is CNCCCC(=O)NCc1ccc(C(=O)N(C)C)cc1.Cl. The first-order chi connectivity index (χ1) is 9.54. The van der Waals surface area contributed by atoms with Gasteiger partial charge in [-0.25, -0.2) is 0 Å². The molecule has 0 atom stereocenters. The summed E-state index contributed by atoms with van der Waals surface area (Å²) in [5.74, 6) is 0.0290. The van der Waals surface area contributed by atoms with Crippen LogP contribution in [-0.4, -0.2) is 44.4 Å². The van der Waals surface area contributed by atoms with Gasteiger partial charge in [-0.2, -0.15) is 0 Å². The number of hydrogen-bond acceptors (Lipinski definition) is 3. The average molecular weight is 314 g/mol. The second-order valence-corrected chi connectivity index (χ2v) is 4.88. The third-order valence-corrected chi connectivity index (χ3v) is 2.93. The molecule has 1 aromatic rings. The monoisotopic (exact) mass is 313 g/mol. The highest BCUT2D eigenvalue weighted by Gasteiger charge is 2.07. The minimum atomic E-state index is -0.0207. The van der Waals surface area contributed by atoms with Crippen LogP contribution in [0.5, 0.6) is 0 Å². The van der Waals surface area contributed by atoms with Crippen molar-refractivity contribution in [3.8, 4) is 0 Å².